The topological polar surface area (TPSA) is 52.0 Å². The first-order valence-electron chi connectivity index (χ1n) is 26.9. The van der Waals surface area contributed by atoms with Crippen LogP contribution < -0.4 is 11.5 Å². The van der Waals surface area contributed by atoms with Gasteiger partial charge in [0.05, 0.1) is 5.41 Å². The lowest BCUT2D eigenvalue weighted by atomic mass is 9.63. The Morgan fingerprint density at radius 2 is 1.49 bits per heavy atom. The van der Waals surface area contributed by atoms with Crippen LogP contribution in [-0.2, 0) is 18.3 Å². The molecule has 0 bridgehead atoms. The monoisotopic (exact) mass is 991 g/mol. The summed E-state index contributed by atoms with van der Waals surface area (Å²) in [7, 11) is 0. The van der Waals surface area contributed by atoms with Crippen molar-refractivity contribution in [3.63, 3.8) is 0 Å². The van der Waals surface area contributed by atoms with Gasteiger partial charge in [0.1, 0.15) is 0 Å². The second kappa shape index (κ2) is 26.0. The molecule has 5 aliphatic rings. The molecule has 0 heterocycles. The molecule has 1 spiro atoms. The van der Waals surface area contributed by atoms with Gasteiger partial charge in [-0.2, -0.15) is 0 Å². The summed E-state index contributed by atoms with van der Waals surface area (Å²) in [5.41, 5.74) is 32.7. The highest BCUT2D eigenvalue weighted by Gasteiger charge is 2.58. The van der Waals surface area contributed by atoms with Crippen molar-refractivity contribution < 1.29 is 0 Å². The van der Waals surface area contributed by atoms with Crippen LogP contribution in [0.1, 0.15) is 104 Å². The summed E-state index contributed by atoms with van der Waals surface area (Å²) < 4.78 is 0. The molecule has 0 radical (unpaired) electrons. The highest BCUT2D eigenvalue weighted by Crippen LogP contribution is 2.67. The van der Waals surface area contributed by atoms with E-state index < -0.39 is 0 Å². The summed E-state index contributed by atoms with van der Waals surface area (Å²) in [6.45, 7) is 28.5. The number of nitrogens with two attached hydrogens (primary N) is 2. The standard InChI is InChI=1S/C49H38.C14H13N.C7H11N.2C2H6/c1-4-15-44-43(29-33-16-7-6-8-17-33)48-39-20-10-9-18-34(39)31-47(48)49(44)45-23-14-13-22-41(45)37(5-2)46(49)27-26-35-30-36-25-24-32(3)28-42(36)40-21-12-11-19-38(35)40;1-11-6-2-4-8-13(15)10-12-7-3-5-9-14(11)12;1-3-5-7(8)6-4-2;2*1-2/h4-9,11-14,16-19,21-27,29-30,32,44H,1-2,15,28,31H2,3H3;2-10H,1,15H2;3-6H,1,8H2,2H3;2*1-2H3/b27-26-,43-29+;6-2-,8-4-,13-10+;6-4-,7-5+;;. The summed E-state index contributed by atoms with van der Waals surface area (Å²) in [5.74, 6) is 0.699. The minimum atomic E-state index is -0.382. The molecule has 6 aromatic carbocycles. The van der Waals surface area contributed by atoms with Gasteiger partial charge in [-0.15, -0.1) is 6.58 Å². The Morgan fingerprint density at radius 3 is 2.22 bits per heavy atom. The number of fused-ring (bicyclic) bond motifs is 9. The fourth-order valence-electron chi connectivity index (χ4n) is 11.4. The third-order valence-corrected chi connectivity index (χ3v) is 14.3. The molecule has 4 N–H and O–H groups in total. The minimum absolute atomic E-state index is 0.153. The Morgan fingerprint density at radius 1 is 0.789 bits per heavy atom. The molecular formula is C74H74N2. The molecule has 3 unspecified atom stereocenters. The highest BCUT2D eigenvalue weighted by atomic mass is 14.6. The SMILES string of the molecule is C=C/C=C(N)\C=C/C.C=C1\C=C/C=C\C(N)=C/c2ccccc21.C=CCC1/C(=C\c2ccccc2)C2=C(Cc3ccc#cc32)C12C(/C=C\c1cc3c(c4ccccc14)CC(C)C=C3)=C(C=C)c1ccccc12.CC.CC. The van der Waals surface area contributed by atoms with Crippen LogP contribution >= 0.6 is 0 Å². The Hall–Kier alpha value is -8.64. The smallest absolute Gasteiger partial charge is 0.0507 e. The Labute approximate surface area is 455 Å². The van der Waals surface area contributed by atoms with Gasteiger partial charge in [-0.25, -0.2) is 0 Å². The Kier molecular flexibility index (Phi) is 18.9. The zero-order chi connectivity index (χ0) is 54.2. The van der Waals surface area contributed by atoms with E-state index in [0.29, 0.717) is 5.92 Å². The molecule has 0 fully saturated rings. The molecule has 0 saturated carbocycles. The molecule has 3 atom stereocenters. The first kappa shape index (κ1) is 55.1. The fraction of sp³-hybridized carbons (Fsp3) is 0.162. The van der Waals surface area contributed by atoms with Gasteiger partial charge in [0, 0.05) is 22.9 Å². The van der Waals surface area contributed by atoms with Crippen LogP contribution in [0.4, 0.5) is 0 Å². The molecule has 2 heteroatoms. The minimum Gasteiger partial charge on any atom is -0.399 e. The van der Waals surface area contributed by atoms with Crippen molar-refractivity contribution in [3.8, 4) is 0 Å². The van der Waals surface area contributed by atoms with Gasteiger partial charge < -0.3 is 11.5 Å². The molecule has 5 aliphatic carbocycles. The predicted molar refractivity (Wildman–Crippen MR) is 333 cm³/mol. The van der Waals surface area contributed by atoms with Crippen LogP contribution in [0.2, 0.25) is 0 Å². The van der Waals surface area contributed by atoms with E-state index in [1.54, 1.807) is 12.2 Å². The van der Waals surface area contributed by atoms with Gasteiger partial charge >= 0.3 is 0 Å². The molecule has 76 heavy (non-hydrogen) atoms. The van der Waals surface area contributed by atoms with Crippen molar-refractivity contribution in [1.29, 1.82) is 0 Å². The summed E-state index contributed by atoms with van der Waals surface area (Å²) in [5, 5.41) is 2.67. The molecule has 11 rings (SSSR count). The van der Waals surface area contributed by atoms with Crippen LogP contribution in [0.5, 0.6) is 0 Å². The first-order chi connectivity index (χ1) is 37.2. The van der Waals surface area contributed by atoms with Crippen LogP contribution in [0, 0.1) is 24.0 Å². The van der Waals surface area contributed by atoms with Gasteiger partial charge in [0.25, 0.3) is 0 Å². The zero-order valence-corrected chi connectivity index (χ0v) is 45.5. The maximum Gasteiger partial charge on any atom is 0.0507 e. The maximum atomic E-state index is 5.84. The number of rotatable bonds is 8. The van der Waals surface area contributed by atoms with E-state index in [1.807, 2.05) is 101 Å². The van der Waals surface area contributed by atoms with Crippen molar-refractivity contribution in [2.45, 2.75) is 66.2 Å². The average molecular weight is 991 g/mol. The molecule has 0 saturated heterocycles. The van der Waals surface area contributed by atoms with Gasteiger partial charge in [0.2, 0.25) is 0 Å². The third kappa shape index (κ3) is 11.2. The fourth-order valence-corrected chi connectivity index (χ4v) is 11.4. The number of hydrogen-bond donors (Lipinski definition) is 2. The predicted octanol–water partition coefficient (Wildman–Crippen LogP) is 18.6. The lowest BCUT2D eigenvalue weighted by Crippen LogP contribution is -2.35. The third-order valence-electron chi connectivity index (χ3n) is 14.3. The summed E-state index contributed by atoms with van der Waals surface area (Å²) in [6, 6.07) is 50.4. The van der Waals surface area contributed by atoms with Crippen molar-refractivity contribution in [1.82, 2.24) is 0 Å². The zero-order valence-electron chi connectivity index (χ0n) is 45.5. The molecule has 0 aromatic heterocycles. The van der Waals surface area contributed by atoms with E-state index in [4.69, 9.17) is 11.5 Å². The summed E-state index contributed by atoms with van der Waals surface area (Å²) >= 11 is 0. The second-order valence-corrected chi connectivity index (χ2v) is 18.8. The van der Waals surface area contributed by atoms with Crippen molar-refractivity contribution >= 4 is 51.8 Å². The lowest BCUT2D eigenvalue weighted by Gasteiger charge is -2.38. The van der Waals surface area contributed by atoms with Crippen molar-refractivity contribution in [2.75, 3.05) is 0 Å². The normalized spacial score (nSPS) is 20.4. The maximum absolute atomic E-state index is 5.84. The van der Waals surface area contributed by atoms with Crippen LogP contribution in [0.3, 0.4) is 0 Å². The largest absolute Gasteiger partial charge is 0.399 e. The average Bonchev–Trinajstić information content (AvgIpc) is 4.16. The number of benzene rings is 5. The second-order valence-electron chi connectivity index (χ2n) is 18.8. The van der Waals surface area contributed by atoms with Gasteiger partial charge in [-0.1, -0.05) is 243 Å². The van der Waals surface area contributed by atoms with E-state index in [-0.39, 0.29) is 11.3 Å². The van der Waals surface area contributed by atoms with Gasteiger partial charge in [-0.3, -0.25) is 0 Å². The molecule has 0 aliphatic heterocycles. The van der Waals surface area contributed by atoms with Crippen molar-refractivity contribution in [2.24, 2.45) is 23.3 Å². The van der Waals surface area contributed by atoms with E-state index in [9.17, 15) is 0 Å². The highest BCUT2D eigenvalue weighted by molar-refractivity contribution is 6.03. The molecule has 6 aromatic rings. The van der Waals surface area contributed by atoms with Crippen molar-refractivity contribution in [3.05, 3.63) is 316 Å². The number of allylic oxidation sites excluding steroid dienone is 18. The van der Waals surface area contributed by atoms with E-state index >= 15 is 0 Å². The Balaban J connectivity index is 0.000000257. The van der Waals surface area contributed by atoms with E-state index in [1.165, 1.54) is 83.1 Å². The molecular weight excluding hydrogens is 917 g/mol. The molecule has 0 amide bonds. The first-order valence-corrected chi connectivity index (χ1v) is 26.9. The molecule has 2 nitrogen and oxygen atoms in total. The van der Waals surface area contributed by atoms with Crippen LogP contribution in [0.25, 0.3) is 51.8 Å². The summed E-state index contributed by atoms with van der Waals surface area (Å²) in [6.07, 6.45) is 35.8. The Bertz CT molecular complexity index is 3440. The quantitative estimate of drug-likeness (QED) is 0.118. The van der Waals surface area contributed by atoms with Gasteiger partial charge in [0.15, 0.2) is 0 Å². The van der Waals surface area contributed by atoms with E-state index in [2.05, 4.69) is 185 Å². The lowest BCUT2D eigenvalue weighted by molar-refractivity contribution is 0.453. The molecule has 380 valence electrons. The van der Waals surface area contributed by atoms with E-state index in [0.717, 1.165) is 47.4 Å². The van der Waals surface area contributed by atoms with Crippen LogP contribution in [-0.4, -0.2) is 0 Å². The van der Waals surface area contributed by atoms with Crippen LogP contribution in [0.15, 0.2) is 249 Å². The summed E-state index contributed by atoms with van der Waals surface area (Å²) in [4.78, 5) is 0. The number of hydrogen-bond acceptors (Lipinski definition) is 2. The van der Waals surface area contributed by atoms with Gasteiger partial charge in [-0.05, 0) is 169 Å².